The van der Waals surface area contributed by atoms with Crippen molar-refractivity contribution in [2.24, 2.45) is 0 Å². The standard InChI is InChI=1S/C17H27N3O3/c1-5-23-15-10-13(6-7-14(15)21)16(17(22)19(3)4)20-9-8-18-12(2)11-20/h6-7,10,12,16,18,21H,5,8-9,11H2,1-4H3. The number of amides is 1. The Morgan fingerprint density at radius 2 is 2.26 bits per heavy atom. The molecule has 2 atom stereocenters. The van der Waals surface area contributed by atoms with Gasteiger partial charge in [-0.15, -0.1) is 0 Å². The molecule has 1 amide bonds. The van der Waals surface area contributed by atoms with Crippen LogP contribution in [0.15, 0.2) is 18.2 Å². The van der Waals surface area contributed by atoms with Crippen LogP contribution in [0.5, 0.6) is 11.5 Å². The van der Waals surface area contributed by atoms with E-state index >= 15 is 0 Å². The normalized spacial score (nSPS) is 20.1. The van der Waals surface area contributed by atoms with Gasteiger partial charge >= 0.3 is 0 Å². The van der Waals surface area contributed by atoms with Gasteiger partial charge in [0.25, 0.3) is 0 Å². The fourth-order valence-corrected chi connectivity index (χ4v) is 2.92. The van der Waals surface area contributed by atoms with Crippen molar-refractivity contribution in [1.82, 2.24) is 15.1 Å². The van der Waals surface area contributed by atoms with Gasteiger partial charge in [0.1, 0.15) is 6.04 Å². The van der Waals surface area contributed by atoms with E-state index in [0.29, 0.717) is 18.4 Å². The average molecular weight is 321 g/mol. The van der Waals surface area contributed by atoms with Crippen molar-refractivity contribution < 1.29 is 14.6 Å². The first-order valence-electron chi connectivity index (χ1n) is 8.08. The highest BCUT2D eigenvalue weighted by molar-refractivity contribution is 5.83. The number of likely N-dealkylation sites (N-methyl/N-ethyl adjacent to an activating group) is 1. The Hall–Kier alpha value is -1.79. The number of carbonyl (C=O) groups is 1. The number of piperazine rings is 1. The lowest BCUT2D eigenvalue weighted by Gasteiger charge is -2.38. The minimum absolute atomic E-state index is 0.0345. The molecule has 0 radical (unpaired) electrons. The van der Waals surface area contributed by atoms with Crippen LogP contribution in [0, 0.1) is 0 Å². The molecule has 0 spiro atoms. The second kappa shape index (κ2) is 7.66. The van der Waals surface area contributed by atoms with Gasteiger partial charge in [0.15, 0.2) is 11.5 Å². The van der Waals surface area contributed by atoms with Crippen molar-refractivity contribution in [3.05, 3.63) is 23.8 Å². The molecule has 2 unspecified atom stereocenters. The summed E-state index contributed by atoms with van der Waals surface area (Å²) in [7, 11) is 3.54. The second-order valence-electron chi connectivity index (χ2n) is 6.15. The number of aromatic hydroxyl groups is 1. The molecule has 1 saturated heterocycles. The molecule has 6 nitrogen and oxygen atoms in total. The third-order valence-corrected chi connectivity index (χ3v) is 4.04. The number of hydrogen-bond acceptors (Lipinski definition) is 5. The summed E-state index contributed by atoms with van der Waals surface area (Å²) in [6, 6.07) is 5.15. The average Bonchev–Trinajstić information content (AvgIpc) is 2.51. The lowest BCUT2D eigenvalue weighted by molar-refractivity contribution is -0.135. The number of ether oxygens (including phenoxy) is 1. The molecule has 6 heteroatoms. The molecular weight excluding hydrogens is 294 g/mol. The van der Waals surface area contributed by atoms with Gasteiger partial charge in [0.2, 0.25) is 5.91 Å². The van der Waals surface area contributed by atoms with Crippen molar-refractivity contribution in [2.75, 3.05) is 40.3 Å². The number of hydrogen-bond donors (Lipinski definition) is 2. The van der Waals surface area contributed by atoms with Gasteiger partial charge in [-0.05, 0) is 31.5 Å². The molecule has 0 aliphatic carbocycles. The van der Waals surface area contributed by atoms with Crippen LogP contribution in [0.4, 0.5) is 0 Å². The third-order valence-electron chi connectivity index (χ3n) is 4.04. The maximum atomic E-state index is 12.8. The maximum absolute atomic E-state index is 12.8. The van der Waals surface area contributed by atoms with Gasteiger partial charge in [0.05, 0.1) is 6.61 Å². The van der Waals surface area contributed by atoms with Gasteiger partial charge in [-0.1, -0.05) is 6.07 Å². The van der Waals surface area contributed by atoms with Crippen LogP contribution in [0.3, 0.4) is 0 Å². The van der Waals surface area contributed by atoms with Crippen LogP contribution in [-0.4, -0.2) is 67.2 Å². The largest absolute Gasteiger partial charge is 0.504 e. The van der Waals surface area contributed by atoms with Gasteiger partial charge in [0, 0.05) is 39.8 Å². The fourth-order valence-electron chi connectivity index (χ4n) is 2.92. The van der Waals surface area contributed by atoms with Gasteiger partial charge in [-0.25, -0.2) is 0 Å². The van der Waals surface area contributed by atoms with Crippen molar-refractivity contribution in [3.8, 4) is 11.5 Å². The van der Waals surface area contributed by atoms with Gasteiger partial charge < -0.3 is 20.1 Å². The highest BCUT2D eigenvalue weighted by Crippen LogP contribution is 2.32. The number of rotatable bonds is 5. The zero-order chi connectivity index (χ0) is 17.0. The van der Waals surface area contributed by atoms with E-state index in [1.165, 1.54) is 0 Å². The van der Waals surface area contributed by atoms with Crippen LogP contribution in [-0.2, 0) is 4.79 Å². The number of phenolic OH excluding ortho intramolecular Hbond substituents is 1. The number of phenols is 1. The first-order chi connectivity index (χ1) is 10.9. The van der Waals surface area contributed by atoms with Crippen LogP contribution in [0.25, 0.3) is 0 Å². The first-order valence-corrected chi connectivity index (χ1v) is 8.08. The first kappa shape index (κ1) is 17.6. The van der Waals surface area contributed by atoms with E-state index in [0.717, 1.165) is 25.2 Å². The Morgan fingerprint density at radius 3 is 2.87 bits per heavy atom. The summed E-state index contributed by atoms with van der Waals surface area (Å²) in [5, 5.41) is 13.3. The van der Waals surface area contributed by atoms with Crippen molar-refractivity contribution in [2.45, 2.75) is 25.9 Å². The molecule has 0 aromatic heterocycles. The summed E-state index contributed by atoms with van der Waals surface area (Å²) >= 11 is 0. The molecule has 1 aromatic rings. The monoisotopic (exact) mass is 321 g/mol. The number of benzene rings is 1. The van der Waals surface area contributed by atoms with Crippen LogP contribution in [0.2, 0.25) is 0 Å². The molecule has 2 rings (SSSR count). The minimum atomic E-state index is -0.366. The lowest BCUT2D eigenvalue weighted by Crippen LogP contribution is -2.53. The second-order valence-corrected chi connectivity index (χ2v) is 6.15. The molecule has 1 aromatic carbocycles. The predicted molar refractivity (Wildman–Crippen MR) is 89.7 cm³/mol. The zero-order valence-corrected chi connectivity index (χ0v) is 14.4. The third kappa shape index (κ3) is 4.14. The molecule has 1 aliphatic heterocycles. The molecule has 128 valence electrons. The molecule has 23 heavy (non-hydrogen) atoms. The highest BCUT2D eigenvalue weighted by atomic mass is 16.5. The molecule has 1 heterocycles. The summed E-state index contributed by atoms with van der Waals surface area (Å²) in [5.41, 5.74) is 0.846. The van der Waals surface area contributed by atoms with Crippen molar-refractivity contribution >= 4 is 5.91 Å². The minimum Gasteiger partial charge on any atom is -0.504 e. The number of carbonyl (C=O) groups excluding carboxylic acids is 1. The quantitative estimate of drug-likeness (QED) is 0.853. The lowest BCUT2D eigenvalue weighted by atomic mass is 10.0. The molecule has 0 bridgehead atoms. The summed E-state index contributed by atoms with van der Waals surface area (Å²) in [6.45, 7) is 6.91. The molecule has 0 saturated carbocycles. The zero-order valence-electron chi connectivity index (χ0n) is 14.4. The van der Waals surface area contributed by atoms with Crippen LogP contribution >= 0.6 is 0 Å². The van der Waals surface area contributed by atoms with Crippen molar-refractivity contribution in [1.29, 1.82) is 0 Å². The van der Waals surface area contributed by atoms with Crippen molar-refractivity contribution in [3.63, 3.8) is 0 Å². The van der Waals surface area contributed by atoms with E-state index in [-0.39, 0.29) is 17.7 Å². The van der Waals surface area contributed by atoms with Crippen LogP contribution < -0.4 is 10.1 Å². The van der Waals surface area contributed by atoms with E-state index in [2.05, 4.69) is 17.1 Å². The number of nitrogens with one attached hydrogen (secondary N) is 1. The molecule has 1 fully saturated rings. The van der Waals surface area contributed by atoms with E-state index in [1.807, 2.05) is 6.92 Å². The highest BCUT2D eigenvalue weighted by Gasteiger charge is 2.32. The van der Waals surface area contributed by atoms with E-state index in [1.54, 1.807) is 37.2 Å². The van der Waals surface area contributed by atoms with E-state index in [4.69, 9.17) is 4.74 Å². The van der Waals surface area contributed by atoms with Crippen LogP contribution in [0.1, 0.15) is 25.5 Å². The smallest absolute Gasteiger partial charge is 0.244 e. The fraction of sp³-hybridized carbons (Fsp3) is 0.588. The number of nitrogens with zero attached hydrogens (tertiary/aromatic N) is 2. The maximum Gasteiger partial charge on any atom is 0.244 e. The summed E-state index contributed by atoms with van der Waals surface area (Å²) < 4.78 is 5.47. The summed E-state index contributed by atoms with van der Waals surface area (Å²) in [5.74, 6) is 0.553. The van der Waals surface area contributed by atoms with E-state index in [9.17, 15) is 9.90 Å². The Kier molecular flexibility index (Phi) is 5.85. The summed E-state index contributed by atoms with van der Waals surface area (Å²) in [6.07, 6.45) is 0. The van der Waals surface area contributed by atoms with Gasteiger partial charge in [-0.2, -0.15) is 0 Å². The predicted octanol–water partition coefficient (Wildman–Crippen LogP) is 1.21. The Bertz CT molecular complexity index is 548. The molecular formula is C17H27N3O3. The van der Waals surface area contributed by atoms with E-state index < -0.39 is 0 Å². The van der Waals surface area contributed by atoms with Gasteiger partial charge in [-0.3, -0.25) is 9.69 Å². The Labute approximate surface area is 138 Å². The Balaban J connectivity index is 2.37. The summed E-state index contributed by atoms with van der Waals surface area (Å²) in [4.78, 5) is 16.6. The molecule has 1 aliphatic rings. The Morgan fingerprint density at radius 1 is 1.52 bits per heavy atom. The topological polar surface area (TPSA) is 65.0 Å². The molecule has 2 N–H and O–H groups in total. The SMILES string of the molecule is CCOc1cc(C(C(=O)N(C)C)N2CCNC(C)C2)ccc1O.